The van der Waals surface area contributed by atoms with Gasteiger partial charge in [-0.1, -0.05) is 31.5 Å². The molecule has 3 rings (SSSR count). The Morgan fingerprint density at radius 3 is 2.77 bits per heavy atom. The molecule has 0 radical (unpaired) electrons. The zero-order valence-corrected chi connectivity index (χ0v) is 15.7. The van der Waals surface area contributed by atoms with Crippen LogP contribution in [0.4, 0.5) is 8.78 Å². The van der Waals surface area contributed by atoms with E-state index in [0.717, 1.165) is 57.7 Å². The topological polar surface area (TPSA) is 40.5 Å². The van der Waals surface area contributed by atoms with Crippen LogP contribution in [0.25, 0.3) is 0 Å². The minimum Gasteiger partial charge on any atom is -0.396 e. The molecule has 2 aliphatic rings. The number of benzene rings is 1. The molecule has 1 spiro atoms. The van der Waals surface area contributed by atoms with Crippen molar-refractivity contribution in [1.82, 2.24) is 4.90 Å². The molecule has 0 aromatic heterocycles. The van der Waals surface area contributed by atoms with E-state index in [1.54, 1.807) is 12.1 Å². The van der Waals surface area contributed by atoms with Gasteiger partial charge in [0.05, 0.1) is 12.5 Å². The molecular formula is C21H29F2NO2. The summed E-state index contributed by atoms with van der Waals surface area (Å²) in [5.74, 6) is -2.74. The molecule has 1 aromatic carbocycles. The van der Waals surface area contributed by atoms with E-state index in [-0.39, 0.29) is 29.4 Å². The van der Waals surface area contributed by atoms with Crippen LogP contribution in [0.3, 0.4) is 0 Å². The summed E-state index contributed by atoms with van der Waals surface area (Å²) < 4.78 is 27.2. The smallest absolute Gasteiger partial charge is 0.270 e. The van der Waals surface area contributed by atoms with Crippen molar-refractivity contribution in [3.63, 3.8) is 0 Å². The second-order valence-corrected chi connectivity index (χ2v) is 8.32. The predicted octanol–water partition coefficient (Wildman–Crippen LogP) is 4.30. The lowest BCUT2D eigenvalue weighted by atomic mass is 9.76. The number of carbonyl (C=O) groups is 1. The monoisotopic (exact) mass is 365 g/mol. The van der Waals surface area contributed by atoms with Crippen LogP contribution in [0.2, 0.25) is 0 Å². The van der Waals surface area contributed by atoms with Crippen molar-refractivity contribution in [3.05, 3.63) is 35.4 Å². The standard InChI is InChI=1S/C21H29F2NO2/c1-3-5-17(12-25)19(26)24-13-21(14-24)9-8-16(11-21)15-6-4-7-18(10-15)20(2,22)23/h4,6-7,10,16-17,25H,3,5,8-9,11-14H2,1-2H3/t16?,17-/m1/s1. The van der Waals surface area contributed by atoms with Gasteiger partial charge in [-0.15, -0.1) is 0 Å². The maximum absolute atomic E-state index is 13.6. The number of halogens is 2. The van der Waals surface area contributed by atoms with Crippen LogP contribution >= 0.6 is 0 Å². The quantitative estimate of drug-likeness (QED) is 0.816. The zero-order chi connectivity index (χ0) is 18.9. The molecule has 1 aromatic rings. The van der Waals surface area contributed by atoms with E-state index in [1.807, 2.05) is 17.9 Å². The van der Waals surface area contributed by atoms with E-state index in [9.17, 15) is 18.7 Å². The third-order valence-electron chi connectivity index (χ3n) is 6.14. The lowest BCUT2D eigenvalue weighted by Crippen LogP contribution is -2.59. The molecular weight excluding hydrogens is 336 g/mol. The highest BCUT2D eigenvalue weighted by Crippen LogP contribution is 2.52. The summed E-state index contributed by atoms with van der Waals surface area (Å²) >= 11 is 0. The first-order valence-electron chi connectivity index (χ1n) is 9.66. The lowest BCUT2D eigenvalue weighted by Gasteiger charge is -2.49. The SMILES string of the molecule is CCC[C@H](CO)C(=O)N1CC2(CCC(c3cccc(C(C)(F)F)c3)C2)C1. The Kier molecular flexibility index (Phi) is 5.38. The molecule has 1 heterocycles. The third kappa shape index (κ3) is 3.78. The van der Waals surface area contributed by atoms with Crippen LogP contribution in [-0.4, -0.2) is 35.6 Å². The maximum atomic E-state index is 13.6. The Hall–Kier alpha value is -1.49. The summed E-state index contributed by atoms with van der Waals surface area (Å²) in [6, 6.07) is 6.80. The molecule has 1 aliphatic heterocycles. The fourth-order valence-electron chi connectivity index (χ4n) is 4.66. The summed E-state index contributed by atoms with van der Waals surface area (Å²) in [5.41, 5.74) is 1.20. The van der Waals surface area contributed by atoms with Gasteiger partial charge in [-0.25, -0.2) is 8.78 Å². The Morgan fingerprint density at radius 2 is 2.15 bits per heavy atom. The summed E-state index contributed by atoms with van der Waals surface area (Å²) in [6.45, 7) is 4.35. The molecule has 1 saturated carbocycles. The number of hydrogen-bond acceptors (Lipinski definition) is 2. The van der Waals surface area contributed by atoms with Crippen molar-refractivity contribution in [2.75, 3.05) is 19.7 Å². The Labute approximate surface area is 154 Å². The van der Waals surface area contributed by atoms with Gasteiger partial charge in [0, 0.05) is 31.0 Å². The zero-order valence-electron chi connectivity index (χ0n) is 15.7. The highest BCUT2D eigenvalue weighted by molar-refractivity contribution is 5.80. The number of aliphatic hydroxyl groups is 1. The number of rotatable bonds is 6. The van der Waals surface area contributed by atoms with Crippen LogP contribution in [0.1, 0.15) is 63.0 Å². The minimum absolute atomic E-state index is 0.0658. The number of carbonyl (C=O) groups excluding carboxylic acids is 1. The molecule has 3 nitrogen and oxygen atoms in total. The number of likely N-dealkylation sites (tertiary alicyclic amines) is 1. The molecule has 1 saturated heterocycles. The Balaban J connectivity index is 1.61. The first kappa shape index (κ1) is 19.3. The minimum atomic E-state index is -2.81. The summed E-state index contributed by atoms with van der Waals surface area (Å²) in [5, 5.41) is 9.43. The highest BCUT2D eigenvalue weighted by atomic mass is 19.3. The fourth-order valence-corrected chi connectivity index (χ4v) is 4.66. The molecule has 144 valence electrons. The molecule has 1 amide bonds. The number of amides is 1. The molecule has 26 heavy (non-hydrogen) atoms. The predicted molar refractivity (Wildman–Crippen MR) is 97.1 cm³/mol. The van der Waals surface area contributed by atoms with Gasteiger partial charge in [-0.2, -0.15) is 0 Å². The first-order chi connectivity index (χ1) is 12.3. The summed E-state index contributed by atoms with van der Waals surface area (Å²) in [7, 11) is 0. The van der Waals surface area contributed by atoms with Gasteiger partial charge in [-0.05, 0) is 43.2 Å². The summed E-state index contributed by atoms with van der Waals surface area (Å²) in [6.07, 6.45) is 4.58. The highest BCUT2D eigenvalue weighted by Gasteiger charge is 2.50. The van der Waals surface area contributed by atoms with E-state index in [4.69, 9.17) is 0 Å². The van der Waals surface area contributed by atoms with E-state index in [0.29, 0.717) is 5.92 Å². The van der Waals surface area contributed by atoms with E-state index in [1.165, 1.54) is 6.07 Å². The molecule has 2 fully saturated rings. The molecule has 5 heteroatoms. The van der Waals surface area contributed by atoms with E-state index < -0.39 is 5.92 Å². The van der Waals surface area contributed by atoms with Crippen molar-refractivity contribution in [2.45, 2.75) is 57.8 Å². The first-order valence-corrected chi connectivity index (χ1v) is 9.66. The molecule has 1 N–H and O–H groups in total. The van der Waals surface area contributed by atoms with Gasteiger partial charge in [-0.3, -0.25) is 4.79 Å². The van der Waals surface area contributed by atoms with Crippen molar-refractivity contribution >= 4 is 5.91 Å². The van der Waals surface area contributed by atoms with Crippen molar-refractivity contribution in [1.29, 1.82) is 0 Å². The number of aliphatic hydroxyl groups excluding tert-OH is 1. The lowest BCUT2D eigenvalue weighted by molar-refractivity contribution is -0.149. The molecule has 0 bridgehead atoms. The van der Waals surface area contributed by atoms with E-state index >= 15 is 0 Å². The van der Waals surface area contributed by atoms with Crippen molar-refractivity contribution < 1.29 is 18.7 Å². The maximum Gasteiger partial charge on any atom is 0.270 e. The van der Waals surface area contributed by atoms with Crippen LogP contribution in [0.5, 0.6) is 0 Å². The van der Waals surface area contributed by atoms with Crippen LogP contribution in [0, 0.1) is 11.3 Å². The second kappa shape index (κ2) is 7.26. The number of alkyl halides is 2. The largest absolute Gasteiger partial charge is 0.396 e. The van der Waals surface area contributed by atoms with Gasteiger partial charge in [0.25, 0.3) is 5.92 Å². The van der Waals surface area contributed by atoms with Gasteiger partial charge in [0.1, 0.15) is 0 Å². The average Bonchev–Trinajstić information content (AvgIpc) is 3.03. The number of nitrogens with zero attached hydrogens (tertiary/aromatic N) is 1. The van der Waals surface area contributed by atoms with Gasteiger partial charge in [0.2, 0.25) is 5.91 Å². The normalized spacial score (nSPS) is 23.1. The molecule has 1 aliphatic carbocycles. The Bertz CT molecular complexity index is 650. The third-order valence-corrected chi connectivity index (χ3v) is 6.14. The average molecular weight is 365 g/mol. The van der Waals surface area contributed by atoms with Crippen LogP contribution < -0.4 is 0 Å². The molecule has 2 atom stereocenters. The van der Waals surface area contributed by atoms with Crippen molar-refractivity contribution in [3.8, 4) is 0 Å². The van der Waals surface area contributed by atoms with Gasteiger partial charge >= 0.3 is 0 Å². The van der Waals surface area contributed by atoms with Gasteiger partial charge in [0.15, 0.2) is 0 Å². The molecule has 1 unspecified atom stereocenters. The van der Waals surface area contributed by atoms with Gasteiger partial charge < -0.3 is 10.0 Å². The van der Waals surface area contributed by atoms with Crippen LogP contribution in [0.15, 0.2) is 24.3 Å². The number of hydrogen-bond donors (Lipinski definition) is 1. The Morgan fingerprint density at radius 1 is 1.42 bits per heavy atom. The van der Waals surface area contributed by atoms with Crippen LogP contribution in [-0.2, 0) is 10.7 Å². The second-order valence-electron chi connectivity index (χ2n) is 8.32. The fraction of sp³-hybridized carbons (Fsp3) is 0.667. The summed E-state index contributed by atoms with van der Waals surface area (Å²) in [4.78, 5) is 14.3. The van der Waals surface area contributed by atoms with E-state index in [2.05, 4.69) is 0 Å². The van der Waals surface area contributed by atoms with Crippen molar-refractivity contribution in [2.24, 2.45) is 11.3 Å².